The smallest absolute Gasteiger partial charge is 0.803 e. The van der Waals surface area contributed by atoms with Crippen LogP contribution in [0, 0.1) is 0 Å². The molecule has 2 unspecified atom stereocenters. The quantitative estimate of drug-likeness (QED) is 0.0817. The molecule has 0 fully saturated rings. The molecule has 2 atom stereocenters. The molecule has 5 heteroatoms. The van der Waals surface area contributed by atoms with E-state index in [1.165, 1.54) is 32.7 Å². The zero-order valence-corrected chi connectivity index (χ0v) is 33.7. The summed E-state index contributed by atoms with van der Waals surface area (Å²) in [6, 6.07) is 11.9. The zero-order chi connectivity index (χ0) is 32.3. The monoisotopic (exact) mass is 634 g/mol. The molecule has 2 rings (SSSR count). The first-order chi connectivity index (χ1) is 19.0. The normalized spacial score (nSPS) is 14.2. The third kappa shape index (κ3) is 13.0. The van der Waals surface area contributed by atoms with Gasteiger partial charge in [0.25, 0.3) is 0 Å². The Balaban J connectivity index is 0.00000924. The topological polar surface area (TPSA) is 32.3 Å². The Labute approximate surface area is 294 Å². The summed E-state index contributed by atoms with van der Waals surface area (Å²) in [5, 5.41) is 0.411. The Kier molecular flexibility index (Phi) is 15.0. The Morgan fingerprint density at radius 3 is 1.65 bits per heavy atom. The molecule has 43 heavy (non-hydrogen) atoms. The van der Waals surface area contributed by atoms with Crippen LogP contribution in [0.1, 0.15) is 137 Å². The fraction of sp³-hybridized carbons (Fsp3) is 0.605. The SMILES string of the molecule is C=C(CCCCS(=C)[O-])Oc1c(C(C)(C)C)cc(SC(C)Cc2cc(C(C)(C)C)cc(C(C)(C)C)c2)cc1C(C)(C)C.[Na+]. The fourth-order valence-electron chi connectivity index (χ4n) is 4.96. The molecule has 0 N–H and O–H groups in total. The van der Waals surface area contributed by atoms with Crippen LogP contribution in [-0.4, -0.2) is 21.4 Å². The van der Waals surface area contributed by atoms with Gasteiger partial charge in [-0.1, -0.05) is 121 Å². The zero-order valence-electron chi connectivity index (χ0n) is 30.0. The molecular formula is C38H59NaO2S2. The molecule has 0 heterocycles. The van der Waals surface area contributed by atoms with Crippen molar-refractivity contribution in [3.05, 3.63) is 70.5 Å². The van der Waals surface area contributed by atoms with Gasteiger partial charge in [-0.15, -0.1) is 11.8 Å². The number of unbranched alkanes of at least 4 members (excludes halogenated alkanes) is 1. The van der Waals surface area contributed by atoms with E-state index >= 15 is 0 Å². The molecular weight excluding hydrogens is 576 g/mol. The molecule has 0 radical (unpaired) electrons. The van der Waals surface area contributed by atoms with Crippen molar-refractivity contribution in [3.8, 4) is 5.75 Å². The molecule has 0 aliphatic carbocycles. The number of allylic oxidation sites excluding steroid dienone is 1. The first-order valence-electron chi connectivity index (χ1n) is 15.5. The van der Waals surface area contributed by atoms with Gasteiger partial charge >= 0.3 is 29.6 Å². The molecule has 0 aromatic heterocycles. The van der Waals surface area contributed by atoms with Crippen LogP contribution in [-0.2, 0) is 28.1 Å². The van der Waals surface area contributed by atoms with E-state index in [1.54, 1.807) is 0 Å². The van der Waals surface area contributed by atoms with Crippen molar-refractivity contribution >= 4 is 28.4 Å². The van der Waals surface area contributed by atoms with Gasteiger partial charge in [-0.3, -0.25) is 10.8 Å². The Morgan fingerprint density at radius 1 is 0.791 bits per heavy atom. The molecule has 0 spiro atoms. The van der Waals surface area contributed by atoms with Crippen LogP contribution in [0.25, 0.3) is 0 Å². The van der Waals surface area contributed by atoms with E-state index in [1.807, 2.05) is 11.8 Å². The first kappa shape index (κ1) is 40.5. The largest absolute Gasteiger partial charge is 1.00 e. The number of ether oxygens (including phenoxy) is 1. The molecule has 0 aliphatic rings. The third-order valence-electron chi connectivity index (χ3n) is 7.59. The van der Waals surface area contributed by atoms with Gasteiger partial charge in [0.15, 0.2) is 0 Å². The van der Waals surface area contributed by atoms with Crippen LogP contribution >= 0.6 is 22.5 Å². The number of thioether (sulfide) groups is 1. The molecule has 0 aliphatic heterocycles. The van der Waals surface area contributed by atoms with Crippen LogP contribution in [0.5, 0.6) is 5.75 Å². The minimum atomic E-state index is -1.00. The second kappa shape index (κ2) is 15.9. The average Bonchev–Trinajstić information content (AvgIpc) is 2.79. The van der Waals surface area contributed by atoms with Crippen molar-refractivity contribution in [1.82, 2.24) is 0 Å². The van der Waals surface area contributed by atoms with Crippen molar-refractivity contribution < 1.29 is 38.8 Å². The summed E-state index contributed by atoms with van der Waals surface area (Å²) < 4.78 is 17.9. The second-order valence-electron chi connectivity index (χ2n) is 16.1. The first-order valence-corrected chi connectivity index (χ1v) is 17.9. The molecule has 0 bridgehead atoms. The Hall–Kier alpha value is -0.490. The maximum atomic E-state index is 11.4. The van der Waals surface area contributed by atoms with Gasteiger partial charge in [-0.05, 0) is 75.5 Å². The van der Waals surface area contributed by atoms with E-state index in [2.05, 4.69) is 133 Å². The van der Waals surface area contributed by atoms with Crippen LogP contribution in [0.4, 0.5) is 0 Å². The van der Waals surface area contributed by atoms with Gasteiger partial charge in [-0.25, -0.2) is 0 Å². The van der Waals surface area contributed by atoms with Crippen molar-refractivity contribution in [3.63, 3.8) is 0 Å². The summed E-state index contributed by atoms with van der Waals surface area (Å²) in [5.74, 6) is 5.93. The van der Waals surface area contributed by atoms with E-state index in [-0.39, 0.29) is 51.2 Å². The average molecular weight is 635 g/mol. The number of rotatable bonds is 11. The van der Waals surface area contributed by atoms with Crippen molar-refractivity contribution in [2.45, 2.75) is 147 Å². The molecule has 2 aromatic rings. The summed E-state index contributed by atoms with van der Waals surface area (Å²) in [6.07, 6.45) is 3.53. The molecule has 0 saturated carbocycles. The van der Waals surface area contributed by atoms with Gasteiger partial charge < -0.3 is 9.29 Å². The van der Waals surface area contributed by atoms with Gasteiger partial charge in [0.05, 0.1) is 5.76 Å². The van der Waals surface area contributed by atoms with Crippen molar-refractivity contribution in [2.75, 3.05) is 5.75 Å². The van der Waals surface area contributed by atoms with Crippen molar-refractivity contribution in [1.29, 1.82) is 0 Å². The third-order valence-corrected chi connectivity index (χ3v) is 9.41. The van der Waals surface area contributed by atoms with Crippen molar-refractivity contribution in [2.24, 2.45) is 0 Å². The number of hydrogen-bond acceptors (Lipinski definition) is 3. The summed E-state index contributed by atoms with van der Waals surface area (Å²) in [7, 11) is -1.00. The van der Waals surface area contributed by atoms with Crippen LogP contribution < -0.4 is 34.3 Å². The predicted molar refractivity (Wildman–Crippen MR) is 191 cm³/mol. The Bertz CT molecular complexity index is 1180. The van der Waals surface area contributed by atoms with E-state index in [0.29, 0.717) is 11.0 Å². The van der Waals surface area contributed by atoms with Gasteiger partial charge in [0.1, 0.15) is 5.75 Å². The molecule has 0 saturated heterocycles. The van der Waals surface area contributed by atoms with E-state index in [0.717, 1.165) is 37.2 Å². The van der Waals surface area contributed by atoms with Gasteiger partial charge in [-0.2, -0.15) is 0 Å². The number of hydrogen-bond donors (Lipinski definition) is 0. The Morgan fingerprint density at radius 2 is 1.26 bits per heavy atom. The minimum absolute atomic E-state index is 0. The molecule has 0 amide bonds. The van der Waals surface area contributed by atoms with Crippen LogP contribution in [0.2, 0.25) is 0 Å². The van der Waals surface area contributed by atoms with Gasteiger partial charge in [0.2, 0.25) is 0 Å². The summed E-state index contributed by atoms with van der Waals surface area (Å²) >= 11 is 1.96. The summed E-state index contributed by atoms with van der Waals surface area (Å²) in [6.45, 7) is 34.0. The fourth-order valence-corrected chi connectivity index (χ4v) is 6.60. The summed E-state index contributed by atoms with van der Waals surface area (Å²) in [5.41, 5.74) is 6.71. The van der Waals surface area contributed by atoms with Crippen LogP contribution in [0.3, 0.4) is 0 Å². The molecule has 2 nitrogen and oxygen atoms in total. The van der Waals surface area contributed by atoms with E-state index in [4.69, 9.17) is 4.74 Å². The molecule has 2 aromatic carbocycles. The summed E-state index contributed by atoms with van der Waals surface area (Å²) in [4.78, 5) is 1.29. The maximum Gasteiger partial charge on any atom is 1.00 e. The predicted octanol–water partition coefficient (Wildman–Crippen LogP) is 8.50. The maximum absolute atomic E-state index is 11.4. The number of benzene rings is 2. The van der Waals surface area contributed by atoms with E-state index < -0.39 is 10.8 Å². The van der Waals surface area contributed by atoms with E-state index in [9.17, 15) is 4.55 Å². The second-order valence-corrected chi connectivity index (χ2v) is 18.9. The minimum Gasteiger partial charge on any atom is -0.803 e. The van der Waals surface area contributed by atoms with Crippen LogP contribution in [0.15, 0.2) is 47.6 Å². The van der Waals surface area contributed by atoms with Gasteiger partial charge in [0, 0.05) is 27.7 Å². The standard InChI is InChI=1S/C38H59O2S2.Na/c1-26(18-16-17-19-42(15)39)40-34-32(37(9,10)11)24-31(25-33(34)38(12,13)14)41-27(2)20-28-21-29(35(3,4)5)23-30(22-28)36(6,7)8;/h21-25,27H,1,15-20H2,2-14H3;/q-1;+1. The molecule has 236 valence electrons.